The average molecular weight is 190 g/mol. The highest BCUT2D eigenvalue weighted by Gasteiger charge is 2.29. The minimum absolute atomic E-state index is 0.563. The minimum atomic E-state index is -0.563. The highest BCUT2D eigenvalue weighted by Crippen LogP contribution is 2.31. The van der Waals surface area contributed by atoms with E-state index in [1.807, 2.05) is 19.9 Å². The summed E-state index contributed by atoms with van der Waals surface area (Å²) >= 11 is 0. The van der Waals surface area contributed by atoms with Gasteiger partial charge in [0.2, 0.25) is 0 Å². The van der Waals surface area contributed by atoms with Gasteiger partial charge in [0.1, 0.15) is 11.4 Å². The summed E-state index contributed by atoms with van der Waals surface area (Å²) < 4.78 is 5.18. The Morgan fingerprint density at radius 3 is 2.86 bits per heavy atom. The number of hydrogen-bond acceptors (Lipinski definition) is 3. The van der Waals surface area contributed by atoms with E-state index in [1.165, 1.54) is 0 Å². The van der Waals surface area contributed by atoms with Gasteiger partial charge in [-0.15, -0.1) is 0 Å². The van der Waals surface area contributed by atoms with Crippen molar-refractivity contribution >= 4 is 0 Å². The van der Waals surface area contributed by atoms with E-state index in [0.717, 1.165) is 6.42 Å². The van der Waals surface area contributed by atoms with E-state index in [2.05, 4.69) is 11.1 Å². The van der Waals surface area contributed by atoms with E-state index >= 15 is 0 Å². The predicted molar refractivity (Wildman–Crippen MR) is 54.0 cm³/mol. The van der Waals surface area contributed by atoms with Crippen LogP contribution in [0.15, 0.2) is 18.3 Å². The van der Waals surface area contributed by atoms with Crippen LogP contribution in [0.2, 0.25) is 0 Å². The molecular weight excluding hydrogens is 176 g/mol. The maximum atomic E-state index is 9.11. The molecule has 0 aliphatic rings. The van der Waals surface area contributed by atoms with Crippen molar-refractivity contribution < 1.29 is 4.74 Å². The number of pyridine rings is 1. The van der Waals surface area contributed by atoms with Gasteiger partial charge < -0.3 is 4.74 Å². The number of nitriles is 1. The number of aromatic nitrogens is 1. The van der Waals surface area contributed by atoms with Crippen molar-refractivity contribution in [2.75, 3.05) is 7.11 Å². The Balaban J connectivity index is 3.24. The molecule has 1 rings (SSSR count). The fourth-order valence-electron chi connectivity index (χ4n) is 1.27. The summed E-state index contributed by atoms with van der Waals surface area (Å²) in [6.07, 6.45) is 2.40. The molecule has 0 aromatic carbocycles. The van der Waals surface area contributed by atoms with Crippen molar-refractivity contribution in [2.24, 2.45) is 0 Å². The normalized spacial score (nSPS) is 14.1. The topological polar surface area (TPSA) is 45.9 Å². The third-order valence-electron chi connectivity index (χ3n) is 2.47. The maximum absolute atomic E-state index is 9.11. The van der Waals surface area contributed by atoms with Gasteiger partial charge in [-0.2, -0.15) is 5.26 Å². The zero-order chi connectivity index (χ0) is 10.6. The Labute approximate surface area is 84.3 Å². The molecule has 74 valence electrons. The molecule has 0 spiro atoms. The number of hydrogen-bond donors (Lipinski definition) is 0. The lowest BCUT2D eigenvalue weighted by Gasteiger charge is -2.20. The second-order valence-corrected chi connectivity index (χ2v) is 3.35. The third-order valence-corrected chi connectivity index (χ3v) is 2.47. The Morgan fingerprint density at radius 1 is 1.64 bits per heavy atom. The van der Waals surface area contributed by atoms with Crippen molar-refractivity contribution in [2.45, 2.75) is 25.7 Å². The zero-order valence-corrected chi connectivity index (χ0v) is 8.74. The minimum Gasteiger partial charge on any atom is -0.495 e. The quantitative estimate of drug-likeness (QED) is 0.734. The Bertz CT molecular complexity index is 357. The Kier molecular flexibility index (Phi) is 3.08. The third kappa shape index (κ3) is 1.69. The second-order valence-electron chi connectivity index (χ2n) is 3.35. The standard InChI is InChI=1S/C11H14N2O/c1-4-11(2,8-12)10-9(14-3)6-5-7-13-10/h5-7H,4H2,1-3H3. The molecule has 0 bridgehead atoms. The van der Waals surface area contributed by atoms with Gasteiger partial charge in [-0.1, -0.05) is 6.92 Å². The molecule has 1 unspecified atom stereocenters. The number of ether oxygens (including phenoxy) is 1. The molecule has 0 aliphatic carbocycles. The van der Waals surface area contributed by atoms with Crippen molar-refractivity contribution in [1.29, 1.82) is 5.26 Å². The highest BCUT2D eigenvalue weighted by atomic mass is 16.5. The monoisotopic (exact) mass is 190 g/mol. The van der Waals surface area contributed by atoms with Gasteiger partial charge in [0.15, 0.2) is 0 Å². The Morgan fingerprint density at radius 2 is 2.36 bits per heavy atom. The molecule has 3 heteroatoms. The van der Waals surface area contributed by atoms with Crippen LogP contribution in [0.1, 0.15) is 26.0 Å². The van der Waals surface area contributed by atoms with Gasteiger partial charge in [0.25, 0.3) is 0 Å². The molecular formula is C11H14N2O. The lowest BCUT2D eigenvalue weighted by Crippen LogP contribution is -2.20. The first-order valence-electron chi connectivity index (χ1n) is 4.58. The molecule has 0 amide bonds. The lowest BCUT2D eigenvalue weighted by molar-refractivity contribution is 0.393. The van der Waals surface area contributed by atoms with Gasteiger partial charge in [0.05, 0.1) is 18.6 Å². The molecule has 0 saturated heterocycles. The predicted octanol–water partition coefficient (Wildman–Crippen LogP) is 2.28. The molecule has 0 saturated carbocycles. The summed E-state index contributed by atoms with van der Waals surface area (Å²) in [6.45, 7) is 3.84. The van der Waals surface area contributed by atoms with Crippen LogP contribution in [0.25, 0.3) is 0 Å². The van der Waals surface area contributed by atoms with Gasteiger partial charge in [-0.05, 0) is 25.5 Å². The number of nitrogens with zero attached hydrogens (tertiary/aromatic N) is 2. The van der Waals surface area contributed by atoms with Crippen LogP contribution in [0.4, 0.5) is 0 Å². The largest absolute Gasteiger partial charge is 0.495 e. The molecule has 0 fully saturated rings. The molecule has 0 aliphatic heterocycles. The van der Waals surface area contributed by atoms with Crippen LogP contribution in [0.3, 0.4) is 0 Å². The Hall–Kier alpha value is -1.56. The van der Waals surface area contributed by atoms with Gasteiger partial charge in [0, 0.05) is 6.20 Å². The van der Waals surface area contributed by atoms with Crippen molar-refractivity contribution in [3.05, 3.63) is 24.0 Å². The van der Waals surface area contributed by atoms with Crippen molar-refractivity contribution in [3.63, 3.8) is 0 Å². The smallest absolute Gasteiger partial charge is 0.142 e. The maximum Gasteiger partial charge on any atom is 0.142 e. The summed E-state index contributed by atoms with van der Waals surface area (Å²) in [5.41, 5.74) is 0.152. The highest BCUT2D eigenvalue weighted by molar-refractivity contribution is 5.37. The first kappa shape index (κ1) is 10.5. The van der Waals surface area contributed by atoms with E-state index in [0.29, 0.717) is 11.4 Å². The van der Waals surface area contributed by atoms with Crippen molar-refractivity contribution in [1.82, 2.24) is 4.98 Å². The molecule has 1 atom stereocenters. The molecule has 14 heavy (non-hydrogen) atoms. The van der Waals surface area contributed by atoms with E-state index in [4.69, 9.17) is 10.00 Å². The van der Waals surface area contributed by atoms with E-state index < -0.39 is 5.41 Å². The molecule has 1 heterocycles. The van der Waals surface area contributed by atoms with Crippen LogP contribution in [-0.2, 0) is 5.41 Å². The van der Waals surface area contributed by atoms with Gasteiger partial charge in [-0.25, -0.2) is 0 Å². The molecule has 0 N–H and O–H groups in total. The molecule has 1 aromatic rings. The van der Waals surface area contributed by atoms with Crippen LogP contribution < -0.4 is 4.74 Å². The van der Waals surface area contributed by atoms with E-state index in [9.17, 15) is 0 Å². The summed E-state index contributed by atoms with van der Waals surface area (Å²) in [5.74, 6) is 0.679. The molecule has 0 radical (unpaired) electrons. The number of rotatable bonds is 3. The fraction of sp³-hybridized carbons (Fsp3) is 0.455. The summed E-state index contributed by atoms with van der Waals surface area (Å²) in [6, 6.07) is 5.90. The molecule has 3 nitrogen and oxygen atoms in total. The molecule has 1 aromatic heterocycles. The van der Waals surface area contributed by atoms with E-state index in [-0.39, 0.29) is 0 Å². The lowest BCUT2D eigenvalue weighted by atomic mass is 9.85. The van der Waals surface area contributed by atoms with E-state index in [1.54, 1.807) is 19.4 Å². The van der Waals surface area contributed by atoms with Gasteiger partial charge >= 0.3 is 0 Å². The average Bonchev–Trinajstić information content (AvgIpc) is 2.28. The zero-order valence-electron chi connectivity index (χ0n) is 8.74. The summed E-state index contributed by atoms with van der Waals surface area (Å²) in [7, 11) is 1.59. The van der Waals surface area contributed by atoms with Crippen molar-refractivity contribution in [3.8, 4) is 11.8 Å². The number of methoxy groups -OCH3 is 1. The SMILES string of the molecule is CCC(C)(C#N)c1ncccc1OC. The fourth-order valence-corrected chi connectivity index (χ4v) is 1.27. The summed E-state index contributed by atoms with van der Waals surface area (Å²) in [4.78, 5) is 4.22. The van der Waals surface area contributed by atoms with Crippen LogP contribution >= 0.6 is 0 Å². The first-order chi connectivity index (χ1) is 6.68. The first-order valence-corrected chi connectivity index (χ1v) is 4.58. The summed E-state index contributed by atoms with van der Waals surface area (Å²) in [5, 5.41) is 9.11. The van der Waals surface area contributed by atoms with Crippen LogP contribution in [0, 0.1) is 11.3 Å². The van der Waals surface area contributed by atoms with Crippen LogP contribution in [0.5, 0.6) is 5.75 Å². The second kappa shape index (κ2) is 4.10. The van der Waals surface area contributed by atoms with Crippen LogP contribution in [-0.4, -0.2) is 12.1 Å². The van der Waals surface area contributed by atoms with Gasteiger partial charge in [-0.3, -0.25) is 4.98 Å².